The molecule has 0 aliphatic heterocycles. The first-order valence-corrected chi connectivity index (χ1v) is 7.94. The van der Waals surface area contributed by atoms with Crippen LogP contribution in [0, 0.1) is 5.92 Å². The van der Waals surface area contributed by atoms with Gasteiger partial charge in [0.25, 0.3) is 0 Å². The molecule has 1 aliphatic rings. The maximum Gasteiger partial charge on any atom is 0.117 e. The second-order valence-electron chi connectivity index (χ2n) is 5.69. The fourth-order valence-corrected chi connectivity index (χ4v) is 3.32. The molecule has 2 heterocycles. The predicted molar refractivity (Wildman–Crippen MR) is 79.6 cm³/mol. The average Bonchev–Trinajstić information content (AvgIpc) is 2.87. The lowest BCUT2D eigenvalue weighted by Gasteiger charge is -2.11. The predicted octanol–water partition coefficient (Wildman–Crippen LogP) is 4.19. The topological polar surface area (TPSA) is 25.2 Å². The molecule has 0 saturated heterocycles. The van der Waals surface area contributed by atoms with Crippen molar-refractivity contribution >= 4 is 11.3 Å². The van der Waals surface area contributed by atoms with Gasteiger partial charge < -0.3 is 9.73 Å². The van der Waals surface area contributed by atoms with Crippen molar-refractivity contribution in [2.24, 2.45) is 5.92 Å². The van der Waals surface area contributed by atoms with Gasteiger partial charge in [-0.25, -0.2) is 0 Å². The van der Waals surface area contributed by atoms with Gasteiger partial charge in [0.05, 0.1) is 6.54 Å². The standard InChI is InChI=1S/C16H21NOS/c1-11-8-15(11)16-6-5-13(18-16)10-17-12(2)9-14-4-3-7-19-14/h3-7,11-12,15,17H,8-10H2,1-2H3. The minimum Gasteiger partial charge on any atom is -0.464 e. The van der Waals surface area contributed by atoms with E-state index in [0.29, 0.717) is 12.0 Å². The van der Waals surface area contributed by atoms with Gasteiger partial charge >= 0.3 is 0 Å². The highest BCUT2D eigenvalue weighted by molar-refractivity contribution is 7.09. The summed E-state index contributed by atoms with van der Waals surface area (Å²) in [5, 5.41) is 5.67. The molecule has 0 spiro atoms. The van der Waals surface area contributed by atoms with E-state index in [0.717, 1.165) is 24.6 Å². The third-order valence-corrected chi connectivity index (χ3v) is 4.77. The SMILES string of the molecule is CC(Cc1cccs1)NCc1ccc(C2CC2C)o1. The van der Waals surface area contributed by atoms with Gasteiger partial charge in [-0.1, -0.05) is 13.0 Å². The molecule has 3 rings (SSSR count). The van der Waals surface area contributed by atoms with Crippen LogP contribution in [-0.2, 0) is 13.0 Å². The Bertz CT molecular complexity index is 517. The Balaban J connectivity index is 1.47. The number of hydrogen-bond acceptors (Lipinski definition) is 3. The van der Waals surface area contributed by atoms with Crippen LogP contribution in [0.2, 0.25) is 0 Å². The Hall–Kier alpha value is -1.06. The van der Waals surface area contributed by atoms with Crippen molar-refractivity contribution < 1.29 is 4.42 Å². The Morgan fingerprint density at radius 1 is 1.42 bits per heavy atom. The third kappa shape index (κ3) is 3.28. The van der Waals surface area contributed by atoms with Crippen molar-refractivity contribution in [2.75, 3.05) is 0 Å². The maximum atomic E-state index is 5.90. The van der Waals surface area contributed by atoms with Gasteiger partial charge in [-0.05, 0) is 49.3 Å². The highest BCUT2D eigenvalue weighted by Gasteiger charge is 2.36. The first-order valence-electron chi connectivity index (χ1n) is 7.06. The molecule has 3 unspecified atom stereocenters. The molecule has 2 nitrogen and oxygen atoms in total. The molecule has 3 heteroatoms. The van der Waals surface area contributed by atoms with Crippen LogP contribution in [0.5, 0.6) is 0 Å². The van der Waals surface area contributed by atoms with Gasteiger partial charge in [-0.3, -0.25) is 0 Å². The van der Waals surface area contributed by atoms with E-state index < -0.39 is 0 Å². The lowest BCUT2D eigenvalue weighted by atomic mass is 10.2. The highest BCUT2D eigenvalue weighted by atomic mass is 32.1. The molecule has 1 aliphatic carbocycles. The minimum absolute atomic E-state index is 0.479. The Morgan fingerprint density at radius 2 is 2.26 bits per heavy atom. The lowest BCUT2D eigenvalue weighted by Crippen LogP contribution is -2.27. The van der Waals surface area contributed by atoms with Crippen molar-refractivity contribution in [3.8, 4) is 0 Å². The number of hydrogen-bond donors (Lipinski definition) is 1. The lowest BCUT2D eigenvalue weighted by molar-refractivity contribution is 0.427. The van der Waals surface area contributed by atoms with Crippen molar-refractivity contribution in [1.82, 2.24) is 5.32 Å². The largest absolute Gasteiger partial charge is 0.464 e. The Kier molecular flexibility index (Phi) is 3.76. The summed E-state index contributed by atoms with van der Waals surface area (Å²) in [5.41, 5.74) is 0. The molecule has 2 aromatic heterocycles. The quantitative estimate of drug-likeness (QED) is 0.855. The molecule has 2 aromatic rings. The summed E-state index contributed by atoms with van der Waals surface area (Å²) in [6.07, 6.45) is 2.38. The van der Waals surface area contributed by atoms with Crippen molar-refractivity contribution in [2.45, 2.75) is 45.2 Å². The first kappa shape index (κ1) is 12.9. The molecule has 0 radical (unpaired) electrons. The van der Waals surface area contributed by atoms with Gasteiger partial charge in [-0.15, -0.1) is 11.3 Å². The van der Waals surface area contributed by atoms with E-state index >= 15 is 0 Å². The second-order valence-corrected chi connectivity index (χ2v) is 6.72. The van der Waals surface area contributed by atoms with E-state index in [9.17, 15) is 0 Å². The van der Waals surface area contributed by atoms with E-state index in [1.54, 1.807) is 0 Å². The summed E-state index contributed by atoms with van der Waals surface area (Å²) in [6.45, 7) is 5.34. The van der Waals surface area contributed by atoms with E-state index in [1.165, 1.54) is 17.1 Å². The molecule has 19 heavy (non-hydrogen) atoms. The molecule has 1 N–H and O–H groups in total. The number of rotatable bonds is 6. The smallest absolute Gasteiger partial charge is 0.117 e. The van der Waals surface area contributed by atoms with Crippen molar-refractivity contribution in [3.63, 3.8) is 0 Å². The highest BCUT2D eigenvalue weighted by Crippen LogP contribution is 2.47. The molecule has 1 fully saturated rings. The fraction of sp³-hybridized carbons (Fsp3) is 0.500. The summed E-state index contributed by atoms with van der Waals surface area (Å²) in [7, 11) is 0. The molecule has 0 aromatic carbocycles. The van der Waals surface area contributed by atoms with Crippen LogP contribution >= 0.6 is 11.3 Å². The number of nitrogens with one attached hydrogen (secondary N) is 1. The minimum atomic E-state index is 0.479. The van der Waals surface area contributed by atoms with Gasteiger partial charge in [0.2, 0.25) is 0 Å². The van der Waals surface area contributed by atoms with Crippen molar-refractivity contribution in [1.29, 1.82) is 0 Å². The number of furan rings is 1. The summed E-state index contributed by atoms with van der Waals surface area (Å²) < 4.78 is 5.90. The molecular formula is C16H21NOS. The van der Waals surface area contributed by atoms with Crippen LogP contribution in [-0.4, -0.2) is 6.04 Å². The zero-order valence-electron chi connectivity index (χ0n) is 11.6. The third-order valence-electron chi connectivity index (χ3n) is 3.87. The molecule has 102 valence electrons. The van der Waals surface area contributed by atoms with E-state index in [-0.39, 0.29) is 0 Å². The second kappa shape index (κ2) is 5.51. The van der Waals surface area contributed by atoms with Crippen LogP contribution in [0.15, 0.2) is 34.1 Å². The molecule has 1 saturated carbocycles. The maximum absolute atomic E-state index is 5.90. The van der Waals surface area contributed by atoms with Crippen LogP contribution in [0.1, 0.15) is 42.6 Å². The fourth-order valence-electron chi connectivity index (χ4n) is 2.48. The summed E-state index contributed by atoms with van der Waals surface area (Å²) in [4.78, 5) is 1.44. The Labute approximate surface area is 118 Å². The molecular weight excluding hydrogens is 254 g/mol. The van der Waals surface area contributed by atoms with Gasteiger partial charge in [0.1, 0.15) is 11.5 Å². The monoisotopic (exact) mass is 275 g/mol. The molecule has 0 amide bonds. The molecule has 3 atom stereocenters. The summed E-state index contributed by atoms with van der Waals surface area (Å²) in [6, 6.07) is 9.05. The van der Waals surface area contributed by atoms with Gasteiger partial charge in [0, 0.05) is 16.8 Å². The van der Waals surface area contributed by atoms with Crippen molar-refractivity contribution in [3.05, 3.63) is 46.0 Å². The number of thiophene rings is 1. The first-order chi connectivity index (χ1) is 9.22. The van der Waals surface area contributed by atoms with E-state index in [4.69, 9.17) is 4.42 Å². The zero-order chi connectivity index (χ0) is 13.2. The van der Waals surface area contributed by atoms with E-state index in [1.807, 2.05) is 11.3 Å². The normalized spacial score (nSPS) is 23.5. The zero-order valence-corrected chi connectivity index (χ0v) is 12.4. The van der Waals surface area contributed by atoms with Crippen LogP contribution in [0.4, 0.5) is 0 Å². The van der Waals surface area contributed by atoms with Crippen LogP contribution in [0.3, 0.4) is 0 Å². The van der Waals surface area contributed by atoms with Crippen LogP contribution < -0.4 is 5.32 Å². The van der Waals surface area contributed by atoms with Gasteiger partial charge in [0.15, 0.2) is 0 Å². The summed E-state index contributed by atoms with van der Waals surface area (Å²) in [5.74, 6) is 3.73. The van der Waals surface area contributed by atoms with Gasteiger partial charge in [-0.2, -0.15) is 0 Å². The molecule has 0 bridgehead atoms. The van der Waals surface area contributed by atoms with E-state index in [2.05, 4.69) is 48.8 Å². The van der Waals surface area contributed by atoms with Crippen LogP contribution in [0.25, 0.3) is 0 Å². The Morgan fingerprint density at radius 3 is 2.95 bits per heavy atom. The average molecular weight is 275 g/mol. The summed E-state index contributed by atoms with van der Waals surface area (Å²) >= 11 is 1.83.